The van der Waals surface area contributed by atoms with Gasteiger partial charge in [-0.1, -0.05) is 49.6 Å². The van der Waals surface area contributed by atoms with Crippen molar-refractivity contribution in [2.24, 2.45) is 0 Å². The van der Waals surface area contributed by atoms with E-state index in [9.17, 15) is 19.5 Å². The Balaban J connectivity index is 1.71. The predicted octanol–water partition coefficient (Wildman–Crippen LogP) is 6.26. The van der Waals surface area contributed by atoms with Crippen LogP contribution >= 0.6 is 11.3 Å². The van der Waals surface area contributed by atoms with Crippen LogP contribution in [-0.4, -0.2) is 40.8 Å². The van der Waals surface area contributed by atoms with Gasteiger partial charge in [0, 0.05) is 27.9 Å². The van der Waals surface area contributed by atoms with Crippen LogP contribution < -0.4 is 15.0 Å². The second-order valence-corrected chi connectivity index (χ2v) is 9.73. The Labute approximate surface area is 213 Å². The van der Waals surface area contributed by atoms with E-state index in [4.69, 9.17) is 9.84 Å². The lowest BCUT2D eigenvalue weighted by Gasteiger charge is -2.34. The highest BCUT2D eigenvalue weighted by Crippen LogP contribution is 2.42. The molecule has 0 bridgehead atoms. The lowest BCUT2D eigenvalue weighted by Crippen LogP contribution is -2.44. The number of para-hydroxylation sites is 1. The van der Waals surface area contributed by atoms with Gasteiger partial charge in [0.15, 0.2) is 11.5 Å². The van der Waals surface area contributed by atoms with E-state index < -0.39 is 18.5 Å². The normalized spacial score (nSPS) is 13.7. The first-order valence-corrected chi connectivity index (χ1v) is 12.6. The number of carboxylic acid groups (broad SMARTS) is 2. The van der Waals surface area contributed by atoms with E-state index >= 15 is 0 Å². The van der Waals surface area contributed by atoms with E-state index in [1.165, 1.54) is 0 Å². The molecule has 1 heterocycles. The van der Waals surface area contributed by atoms with Gasteiger partial charge in [0.2, 0.25) is 0 Å². The number of anilines is 2. The lowest BCUT2D eigenvalue weighted by atomic mass is 9.93. The van der Waals surface area contributed by atoms with Crippen molar-refractivity contribution in [2.45, 2.75) is 45.1 Å². The molecule has 0 atom stereocenters. The zero-order valence-corrected chi connectivity index (χ0v) is 20.7. The minimum absolute atomic E-state index is 0.0474. The summed E-state index contributed by atoms with van der Waals surface area (Å²) in [5.74, 6) is -2.31. The van der Waals surface area contributed by atoms with Crippen LogP contribution in [0.25, 0.3) is 10.4 Å². The quantitative estimate of drug-likeness (QED) is 0.331. The summed E-state index contributed by atoms with van der Waals surface area (Å²) in [6, 6.07) is 16.6. The molecule has 1 saturated carbocycles. The van der Waals surface area contributed by atoms with Gasteiger partial charge in [0.1, 0.15) is 5.75 Å². The molecular weight excluding hydrogens is 480 g/mol. The number of aliphatic carboxylic acids is 1. The van der Waals surface area contributed by atoms with Gasteiger partial charge in [-0.3, -0.25) is 4.90 Å². The first kappa shape index (κ1) is 25.2. The molecule has 1 aliphatic carbocycles. The highest BCUT2D eigenvalue weighted by Gasteiger charge is 2.28. The molecule has 3 aromatic rings. The minimum Gasteiger partial charge on any atom is -0.480 e. The minimum atomic E-state index is -1.19. The molecule has 0 aliphatic heterocycles. The number of benzene rings is 2. The van der Waals surface area contributed by atoms with Crippen molar-refractivity contribution in [1.82, 2.24) is 0 Å². The number of hydrogen-bond donors (Lipinski definition) is 3. The van der Waals surface area contributed by atoms with Gasteiger partial charge >= 0.3 is 18.0 Å². The number of carbonyl (C=O) groups is 3. The summed E-state index contributed by atoms with van der Waals surface area (Å²) >= 11 is 1.03. The number of aromatic carboxylic acids is 1. The molecule has 1 aliphatic rings. The fraction of sp³-hybridized carbons (Fsp3) is 0.296. The highest BCUT2D eigenvalue weighted by molar-refractivity contribution is 7.18. The van der Waals surface area contributed by atoms with E-state index in [1.807, 2.05) is 54.6 Å². The highest BCUT2D eigenvalue weighted by atomic mass is 32.1. The maximum atomic E-state index is 13.5. The number of urea groups is 1. The molecule has 0 saturated heterocycles. The standard InChI is InChI=1S/C27H28N2O6S/c1-17-23(35-16-22(30)31)25(26(32)33)36-24(17)18-9-8-14-21(15-18)29(20-12-6-3-7-13-20)27(34)28-19-10-4-2-5-11-19/h2,4-5,8-11,14-15,20H,3,6-7,12-13,16H2,1H3,(H,28,34)(H,30,31)(H,32,33). The van der Waals surface area contributed by atoms with E-state index in [-0.39, 0.29) is 22.7 Å². The summed E-state index contributed by atoms with van der Waals surface area (Å²) in [6.45, 7) is 1.08. The van der Waals surface area contributed by atoms with Crippen LogP contribution in [0.15, 0.2) is 54.6 Å². The Morgan fingerprint density at radius 1 is 1.03 bits per heavy atom. The Morgan fingerprint density at radius 3 is 2.42 bits per heavy atom. The summed E-state index contributed by atoms with van der Waals surface area (Å²) in [4.78, 5) is 38.7. The van der Waals surface area contributed by atoms with Gasteiger partial charge in [-0.05, 0) is 49.6 Å². The van der Waals surface area contributed by atoms with Crippen LogP contribution in [0.1, 0.15) is 47.3 Å². The van der Waals surface area contributed by atoms with Gasteiger partial charge in [0.25, 0.3) is 0 Å². The number of thiophene rings is 1. The van der Waals surface area contributed by atoms with Crippen LogP contribution in [0.4, 0.5) is 16.2 Å². The average molecular weight is 509 g/mol. The first-order chi connectivity index (χ1) is 17.3. The summed E-state index contributed by atoms with van der Waals surface area (Å²) in [7, 11) is 0. The molecule has 8 nitrogen and oxygen atoms in total. The van der Waals surface area contributed by atoms with E-state index in [0.717, 1.165) is 49.0 Å². The van der Waals surface area contributed by atoms with Crippen LogP contribution in [0.5, 0.6) is 5.75 Å². The average Bonchev–Trinajstić information content (AvgIpc) is 3.21. The third-order valence-electron chi connectivity index (χ3n) is 6.20. The smallest absolute Gasteiger partial charge is 0.349 e. The Bertz CT molecular complexity index is 1250. The largest absolute Gasteiger partial charge is 0.480 e. The second-order valence-electron chi connectivity index (χ2n) is 8.71. The lowest BCUT2D eigenvalue weighted by molar-refractivity contribution is -0.139. The number of hydrogen-bond acceptors (Lipinski definition) is 5. The zero-order valence-electron chi connectivity index (χ0n) is 19.9. The zero-order chi connectivity index (χ0) is 25.7. The van der Waals surface area contributed by atoms with E-state index in [1.54, 1.807) is 11.8 Å². The summed E-state index contributed by atoms with van der Waals surface area (Å²) in [6.07, 6.45) is 5.06. The van der Waals surface area contributed by atoms with Crippen molar-refractivity contribution in [3.8, 4) is 16.2 Å². The van der Waals surface area contributed by atoms with E-state index in [2.05, 4.69) is 5.32 Å². The van der Waals surface area contributed by atoms with Crippen molar-refractivity contribution in [3.05, 3.63) is 65.0 Å². The monoisotopic (exact) mass is 508 g/mol. The maximum Gasteiger partial charge on any atom is 0.349 e. The number of carboxylic acids is 2. The predicted molar refractivity (Wildman–Crippen MR) is 139 cm³/mol. The number of nitrogens with one attached hydrogen (secondary N) is 1. The number of carbonyl (C=O) groups excluding carboxylic acids is 1. The molecule has 3 N–H and O–H groups in total. The molecule has 9 heteroatoms. The van der Waals surface area contributed by atoms with Crippen molar-refractivity contribution in [2.75, 3.05) is 16.8 Å². The van der Waals surface area contributed by atoms with Crippen LogP contribution in [0, 0.1) is 6.92 Å². The molecule has 4 rings (SSSR count). The van der Waals surface area contributed by atoms with Crippen molar-refractivity contribution in [3.63, 3.8) is 0 Å². The maximum absolute atomic E-state index is 13.5. The fourth-order valence-corrected chi connectivity index (χ4v) is 5.64. The summed E-state index contributed by atoms with van der Waals surface area (Å²) < 4.78 is 5.33. The van der Waals surface area contributed by atoms with Gasteiger partial charge < -0.3 is 20.3 Å². The third kappa shape index (κ3) is 5.68. The van der Waals surface area contributed by atoms with Crippen molar-refractivity contribution >= 4 is 40.7 Å². The van der Waals surface area contributed by atoms with Crippen LogP contribution in [-0.2, 0) is 4.79 Å². The molecule has 2 aromatic carbocycles. The van der Waals surface area contributed by atoms with Gasteiger partial charge in [-0.2, -0.15) is 0 Å². The van der Waals surface area contributed by atoms with Gasteiger partial charge in [-0.25, -0.2) is 14.4 Å². The van der Waals surface area contributed by atoms with Gasteiger partial charge in [-0.15, -0.1) is 11.3 Å². The molecule has 0 spiro atoms. The molecule has 2 amide bonds. The van der Waals surface area contributed by atoms with Crippen LogP contribution in [0.3, 0.4) is 0 Å². The van der Waals surface area contributed by atoms with Crippen LogP contribution in [0.2, 0.25) is 0 Å². The summed E-state index contributed by atoms with van der Waals surface area (Å²) in [5, 5.41) is 21.6. The van der Waals surface area contributed by atoms with Crippen molar-refractivity contribution < 1.29 is 29.3 Å². The number of nitrogens with zero attached hydrogens (tertiary/aromatic N) is 1. The molecule has 36 heavy (non-hydrogen) atoms. The molecule has 188 valence electrons. The third-order valence-corrected chi connectivity index (χ3v) is 7.51. The van der Waals surface area contributed by atoms with Gasteiger partial charge in [0.05, 0.1) is 0 Å². The SMILES string of the molecule is Cc1c(-c2cccc(N(C(=O)Nc3ccccc3)C3CCCCC3)c2)sc(C(=O)O)c1OCC(=O)O. The second kappa shape index (κ2) is 11.3. The molecule has 1 fully saturated rings. The topological polar surface area (TPSA) is 116 Å². The fourth-order valence-electron chi connectivity index (χ4n) is 4.56. The summed E-state index contributed by atoms with van der Waals surface area (Å²) in [5.41, 5.74) is 2.70. The number of amides is 2. The molecule has 0 unspecified atom stereocenters. The number of rotatable bonds is 8. The Hall–Kier alpha value is -3.85. The molecular formula is C27H28N2O6S. The molecule has 0 radical (unpaired) electrons. The number of ether oxygens (including phenoxy) is 1. The van der Waals surface area contributed by atoms with Crippen molar-refractivity contribution in [1.29, 1.82) is 0 Å². The Morgan fingerprint density at radius 2 is 1.75 bits per heavy atom. The molecule has 1 aromatic heterocycles. The first-order valence-electron chi connectivity index (χ1n) is 11.8. The van der Waals surface area contributed by atoms with E-state index in [0.29, 0.717) is 21.8 Å². The Kier molecular flexibility index (Phi) is 7.90.